The van der Waals surface area contributed by atoms with Gasteiger partial charge in [0.25, 0.3) is 0 Å². The first-order chi connectivity index (χ1) is 9.10. The second kappa shape index (κ2) is 10.2. The minimum atomic E-state index is 0.647. The maximum atomic E-state index is 8.81. The van der Waals surface area contributed by atoms with E-state index in [1.54, 1.807) is 0 Å². The van der Waals surface area contributed by atoms with Crippen molar-refractivity contribution in [2.24, 2.45) is 0 Å². The Balaban J connectivity index is 0.000000573. The van der Waals surface area contributed by atoms with Crippen molar-refractivity contribution in [3.8, 4) is 0 Å². The second-order valence-electron chi connectivity index (χ2n) is 4.09. The summed E-state index contributed by atoms with van der Waals surface area (Å²) in [6.07, 6.45) is 3.38. The van der Waals surface area contributed by atoms with Gasteiger partial charge in [0, 0.05) is 12.6 Å². The summed E-state index contributed by atoms with van der Waals surface area (Å²) in [5, 5.41) is 1.34. The number of nitrogens with zero attached hydrogens (tertiary/aromatic N) is 1. The lowest BCUT2D eigenvalue weighted by molar-refractivity contribution is -0.106. The molecule has 1 aliphatic carbocycles. The zero-order valence-electron chi connectivity index (χ0n) is 12.1. The quantitative estimate of drug-likeness (QED) is 0.746. The molecule has 1 aromatic carbocycles. The molecular weight excluding hydrogens is 281 g/mol. The van der Waals surface area contributed by atoms with E-state index in [2.05, 4.69) is 11.9 Å². The Bertz CT molecular complexity index is 378. The van der Waals surface area contributed by atoms with E-state index in [1.807, 2.05) is 32.0 Å². The van der Waals surface area contributed by atoms with E-state index in [0.717, 1.165) is 24.4 Å². The summed E-state index contributed by atoms with van der Waals surface area (Å²) in [5.41, 5.74) is 1.12. The molecule has 1 aliphatic rings. The van der Waals surface area contributed by atoms with Gasteiger partial charge in [0.2, 0.25) is 0 Å². The van der Waals surface area contributed by atoms with Crippen molar-refractivity contribution in [1.82, 2.24) is 4.90 Å². The van der Waals surface area contributed by atoms with Crippen LogP contribution in [0.15, 0.2) is 18.2 Å². The van der Waals surface area contributed by atoms with Crippen LogP contribution in [0.2, 0.25) is 10.0 Å². The van der Waals surface area contributed by atoms with Crippen molar-refractivity contribution in [3.63, 3.8) is 0 Å². The fourth-order valence-corrected chi connectivity index (χ4v) is 1.96. The molecule has 1 fully saturated rings. The van der Waals surface area contributed by atoms with Crippen LogP contribution in [-0.4, -0.2) is 24.3 Å². The van der Waals surface area contributed by atoms with Gasteiger partial charge in [-0.15, -0.1) is 0 Å². The number of benzene rings is 1. The van der Waals surface area contributed by atoms with Crippen molar-refractivity contribution in [3.05, 3.63) is 33.8 Å². The molecule has 4 heteroatoms. The predicted molar refractivity (Wildman–Crippen MR) is 84.0 cm³/mol. The fourth-order valence-electron chi connectivity index (χ4n) is 1.58. The number of halogens is 2. The van der Waals surface area contributed by atoms with Gasteiger partial charge in [0.05, 0.1) is 10.0 Å². The molecule has 0 atom stereocenters. The highest BCUT2D eigenvalue weighted by Crippen LogP contribution is 2.30. The highest BCUT2D eigenvalue weighted by Gasteiger charge is 2.26. The Morgan fingerprint density at radius 1 is 1.32 bits per heavy atom. The van der Waals surface area contributed by atoms with Crippen LogP contribution >= 0.6 is 23.2 Å². The highest BCUT2D eigenvalue weighted by atomic mass is 35.5. The number of aldehydes is 1. The Kier molecular flexibility index (Phi) is 9.94. The van der Waals surface area contributed by atoms with Gasteiger partial charge in [-0.1, -0.05) is 49.2 Å². The molecule has 1 aromatic rings. The molecule has 0 amide bonds. The summed E-state index contributed by atoms with van der Waals surface area (Å²) in [5.74, 6) is 0. The van der Waals surface area contributed by atoms with Gasteiger partial charge in [-0.25, -0.2) is 0 Å². The van der Waals surface area contributed by atoms with Crippen molar-refractivity contribution in [2.45, 2.75) is 46.2 Å². The van der Waals surface area contributed by atoms with Crippen molar-refractivity contribution >= 4 is 29.5 Å². The molecule has 0 spiro atoms. The minimum Gasteiger partial charge on any atom is -0.304 e. The number of hydrogen-bond donors (Lipinski definition) is 0. The molecule has 0 heterocycles. The van der Waals surface area contributed by atoms with Crippen LogP contribution in [0.1, 0.15) is 39.2 Å². The average molecular weight is 304 g/mol. The summed E-state index contributed by atoms with van der Waals surface area (Å²) in [7, 11) is 2.13. The minimum absolute atomic E-state index is 0.647. The van der Waals surface area contributed by atoms with Crippen LogP contribution in [0, 0.1) is 0 Å². The normalized spacial score (nSPS) is 13.0. The zero-order chi connectivity index (χ0) is 14.8. The number of hydrogen-bond acceptors (Lipinski definition) is 2. The third kappa shape index (κ3) is 6.95. The summed E-state index contributed by atoms with van der Waals surface area (Å²) in [6.45, 7) is 6.34. The topological polar surface area (TPSA) is 20.3 Å². The maximum Gasteiger partial charge on any atom is 0.116 e. The van der Waals surface area contributed by atoms with E-state index in [4.69, 9.17) is 28.0 Å². The Hall–Kier alpha value is -0.570. The van der Waals surface area contributed by atoms with Crippen molar-refractivity contribution < 1.29 is 4.79 Å². The Morgan fingerprint density at radius 3 is 2.32 bits per heavy atom. The molecule has 0 N–H and O–H groups in total. The molecule has 19 heavy (non-hydrogen) atoms. The molecule has 108 valence electrons. The molecule has 0 aliphatic heterocycles. The van der Waals surface area contributed by atoms with Gasteiger partial charge >= 0.3 is 0 Å². The van der Waals surface area contributed by atoms with Gasteiger partial charge < -0.3 is 4.79 Å². The van der Waals surface area contributed by atoms with Gasteiger partial charge in [-0.3, -0.25) is 4.90 Å². The Labute approximate surface area is 126 Å². The SMILES string of the molecule is CC.CC=O.CN(Cc1cccc(Cl)c1Cl)C1CC1. The maximum absolute atomic E-state index is 8.81. The first-order valence-electron chi connectivity index (χ1n) is 6.63. The monoisotopic (exact) mass is 303 g/mol. The lowest BCUT2D eigenvalue weighted by Crippen LogP contribution is -2.20. The first-order valence-corrected chi connectivity index (χ1v) is 7.38. The molecule has 1 saturated carbocycles. The molecule has 2 nitrogen and oxygen atoms in total. The number of rotatable bonds is 3. The second-order valence-corrected chi connectivity index (χ2v) is 4.88. The first kappa shape index (κ1) is 18.4. The summed E-state index contributed by atoms with van der Waals surface area (Å²) in [4.78, 5) is 11.1. The summed E-state index contributed by atoms with van der Waals surface area (Å²) < 4.78 is 0. The lowest BCUT2D eigenvalue weighted by atomic mass is 10.2. The predicted octanol–water partition coefficient (Wildman–Crippen LogP) is 4.82. The highest BCUT2D eigenvalue weighted by molar-refractivity contribution is 6.42. The van der Waals surface area contributed by atoms with Crippen LogP contribution in [0.5, 0.6) is 0 Å². The fraction of sp³-hybridized carbons (Fsp3) is 0.533. The number of carbonyl (C=O) groups excluding carboxylic acids is 1. The molecule has 0 saturated heterocycles. The van der Waals surface area contributed by atoms with Crippen LogP contribution in [0.3, 0.4) is 0 Å². The average Bonchev–Trinajstić information content (AvgIpc) is 3.23. The largest absolute Gasteiger partial charge is 0.304 e. The van der Waals surface area contributed by atoms with Crippen LogP contribution in [0.4, 0.5) is 0 Å². The number of carbonyl (C=O) groups is 1. The van der Waals surface area contributed by atoms with E-state index < -0.39 is 0 Å². The third-order valence-electron chi connectivity index (χ3n) is 2.62. The lowest BCUT2D eigenvalue weighted by Gasteiger charge is -2.16. The van der Waals surface area contributed by atoms with E-state index in [-0.39, 0.29) is 0 Å². The molecule has 0 aromatic heterocycles. The van der Waals surface area contributed by atoms with Gasteiger partial charge in [-0.05, 0) is 38.4 Å². The van der Waals surface area contributed by atoms with Gasteiger partial charge in [-0.2, -0.15) is 0 Å². The zero-order valence-corrected chi connectivity index (χ0v) is 13.6. The summed E-state index contributed by atoms with van der Waals surface area (Å²) in [6, 6.07) is 6.56. The smallest absolute Gasteiger partial charge is 0.116 e. The third-order valence-corrected chi connectivity index (χ3v) is 3.48. The van der Waals surface area contributed by atoms with Crippen molar-refractivity contribution in [2.75, 3.05) is 7.05 Å². The van der Waals surface area contributed by atoms with Crippen LogP contribution in [-0.2, 0) is 11.3 Å². The molecular formula is C15H23Cl2NO. The van der Waals surface area contributed by atoms with Crippen molar-refractivity contribution in [1.29, 1.82) is 0 Å². The summed E-state index contributed by atoms with van der Waals surface area (Å²) >= 11 is 12.0. The van der Waals surface area contributed by atoms with Crippen LogP contribution in [0.25, 0.3) is 0 Å². The van der Waals surface area contributed by atoms with E-state index in [1.165, 1.54) is 19.8 Å². The van der Waals surface area contributed by atoms with Crippen LogP contribution < -0.4 is 0 Å². The molecule has 2 rings (SSSR count). The van der Waals surface area contributed by atoms with E-state index in [0.29, 0.717) is 10.0 Å². The Morgan fingerprint density at radius 2 is 1.84 bits per heavy atom. The van der Waals surface area contributed by atoms with Gasteiger partial charge in [0.15, 0.2) is 0 Å². The molecule has 0 unspecified atom stereocenters. The molecule has 0 radical (unpaired) electrons. The van der Waals surface area contributed by atoms with Gasteiger partial charge in [0.1, 0.15) is 6.29 Å². The van der Waals surface area contributed by atoms with E-state index >= 15 is 0 Å². The molecule has 0 bridgehead atoms. The standard InChI is InChI=1S/C11H13Cl2N.C2H4O.C2H6/c1-14(9-5-6-9)7-8-3-2-4-10(12)11(8)13;1-2-3;1-2/h2-4,9H,5-7H2,1H3;2H,1H3;1-2H3. The van der Waals surface area contributed by atoms with E-state index in [9.17, 15) is 0 Å².